The van der Waals surface area contributed by atoms with E-state index < -0.39 is 6.10 Å². The number of hydrogen-bond acceptors (Lipinski definition) is 4. The molecule has 0 fully saturated rings. The van der Waals surface area contributed by atoms with Gasteiger partial charge in [0, 0.05) is 22.1 Å². The second kappa shape index (κ2) is 5.11. The van der Waals surface area contributed by atoms with Crippen LogP contribution in [0.4, 0.5) is 0 Å². The SMILES string of the molecule is COc1cc(I)c2c3c1O[C@H]1C[C@@H](O)C=C[C@@]31CCN(C)C2. The Hall–Kier alpha value is -0.790. The van der Waals surface area contributed by atoms with Crippen molar-refractivity contribution in [2.24, 2.45) is 0 Å². The molecule has 22 heavy (non-hydrogen) atoms. The third-order valence-corrected chi connectivity index (χ3v) is 6.19. The highest BCUT2D eigenvalue weighted by Gasteiger charge is 2.53. The van der Waals surface area contributed by atoms with Gasteiger partial charge in [0.1, 0.15) is 6.10 Å². The number of benzene rings is 1. The van der Waals surface area contributed by atoms with Gasteiger partial charge < -0.3 is 19.5 Å². The second-order valence-corrected chi connectivity index (χ2v) is 7.70. The average Bonchev–Trinajstić information content (AvgIpc) is 2.74. The zero-order chi connectivity index (χ0) is 15.5. The molecule has 2 aliphatic heterocycles. The standard InChI is InChI=1S/C17H20INO3/c1-19-6-5-17-4-3-10(20)7-14(17)22-16-13(21-2)8-12(18)11(9-19)15(16)17/h3-4,8,10,14,20H,5-7,9H2,1-2H3/t10-,14-,17-/m0/s1. The number of ether oxygens (including phenoxy) is 2. The molecule has 0 amide bonds. The van der Waals surface area contributed by atoms with Gasteiger partial charge in [0.2, 0.25) is 0 Å². The van der Waals surface area contributed by atoms with E-state index in [-0.39, 0.29) is 11.5 Å². The van der Waals surface area contributed by atoms with E-state index in [0.717, 1.165) is 31.0 Å². The zero-order valence-electron chi connectivity index (χ0n) is 12.8. The van der Waals surface area contributed by atoms with Gasteiger partial charge in [-0.2, -0.15) is 0 Å². The van der Waals surface area contributed by atoms with Gasteiger partial charge in [-0.05, 0) is 54.2 Å². The molecule has 1 spiro atoms. The van der Waals surface area contributed by atoms with Crippen LogP contribution in [0.2, 0.25) is 0 Å². The van der Waals surface area contributed by atoms with Crippen molar-refractivity contribution in [1.82, 2.24) is 4.90 Å². The largest absolute Gasteiger partial charge is 0.493 e. The van der Waals surface area contributed by atoms with Crippen LogP contribution in [-0.4, -0.2) is 42.9 Å². The molecule has 0 radical (unpaired) electrons. The first-order valence-corrected chi connectivity index (χ1v) is 8.75. The molecule has 5 heteroatoms. The lowest BCUT2D eigenvalue weighted by atomic mass is 9.69. The number of nitrogens with zero attached hydrogens (tertiary/aromatic N) is 1. The molecular formula is C17H20INO3. The summed E-state index contributed by atoms with van der Waals surface area (Å²) in [5.41, 5.74) is 2.51. The molecule has 1 N–H and O–H groups in total. The third-order valence-electron chi connectivity index (χ3n) is 5.23. The van der Waals surface area contributed by atoms with Crippen LogP contribution in [0, 0.1) is 3.57 Å². The van der Waals surface area contributed by atoms with E-state index in [1.165, 1.54) is 14.7 Å². The van der Waals surface area contributed by atoms with Crippen molar-refractivity contribution in [2.75, 3.05) is 20.7 Å². The smallest absolute Gasteiger partial charge is 0.166 e. The molecule has 0 aromatic heterocycles. The minimum atomic E-state index is -0.417. The van der Waals surface area contributed by atoms with Gasteiger partial charge in [0.25, 0.3) is 0 Å². The van der Waals surface area contributed by atoms with Gasteiger partial charge in [0.15, 0.2) is 11.5 Å². The Kier molecular flexibility index (Phi) is 3.43. The first-order valence-electron chi connectivity index (χ1n) is 7.67. The molecule has 1 aromatic carbocycles. The van der Waals surface area contributed by atoms with Crippen molar-refractivity contribution in [1.29, 1.82) is 0 Å². The molecule has 0 bridgehead atoms. The quantitative estimate of drug-likeness (QED) is 0.568. The van der Waals surface area contributed by atoms with Crippen LogP contribution in [0.5, 0.6) is 11.5 Å². The lowest BCUT2D eigenvalue weighted by Gasteiger charge is -2.35. The lowest BCUT2D eigenvalue weighted by Crippen LogP contribution is -2.42. The lowest BCUT2D eigenvalue weighted by molar-refractivity contribution is 0.0821. The summed E-state index contributed by atoms with van der Waals surface area (Å²) in [6.45, 7) is 1.95. The van der Waals surface area contributed by atoms with Crippen LogP contribution >= 0.6 is 22.6 Å². The van der Waals surface area contributed by atoms with Crippen LogP contribution in [0.15, 0.2) is 18.2 Å². The minimum Gasteiger partial charge on any atom is -0.493 e. The topological polar surface area (TPSA) is 41.9 Å². The molecular weight excluding hydrogens is 393 g/mol. The average molecular weight is 413 g/mol. The van der Waals surface area contributed by atoms with Crippen LogP contribution in [-0.2, 0) is 12.0 Å². The van der Waals surface area contributed by atoms with Gasteiger partial charge in [-0.25, -0.2) is 0 Å². The van der Waals surface area contributed by atoms with E-state index in [9.17, 15) is 5.11 Å². The summed E-state index contributed by atoms with van der Waals surface area (Å²) < 4.78 is 13.1. The molecule has 0 saturated heterocycles. The summed E-state index contributed by atoms with van der Waals surface area (Å²) in [6, 6.07) is 2.07. The first kappa shape index (κ1) is 14.8. The van der Waals surface area contributed by atoms with Crippen molar-refractivity contribution in [3.63, 3.8) is 0 Å². The summed E-state index contributed by atoms with van der Waals surface area (Å²) in [4.78, 5) is 2.37. The molecule has 0 saturated carbocycles. The van der Waals surface area contributed by atoms with E-state index in [1.807, 2.05) is 6.08 Å². The van der Waals surface area contributed by atoms with Crippen molar-refractivity contribution in [2.45, 2.75) is 37.0 Å². The molecule has 1 aromatic rings. The minimum absolute atomic E-state index is 0.000139. The Morgan fingerprint density at radius 2 is 2.32 bits per heavy atom. The highest BCUT2D eigenvalue weighted by molar-refractivity contribution is 14.1. The Labute approximate surface area is 144 Å². The van der Waals surface area contributed by atoms with E-state index in [4.69, 9.17) is 9.47 Å². The highest BCUT2D eigenvalue weighted by Crippen LogP contribution is 2.56. The fraction of sp³-hybridized carbons (Fsp3) is 0.529. The number of methoxy groups -OCH3 is 1. The van der Waals surface area contributed by atoms with Crippen molar-refractivity contribution in [3.05, 3.63) is 32.9 Å². The van der Waals surface area contributed by atoms with Gasteiger partial charge in [-0.3, -0.25) is 0 Å². The number of aliphatic hydroxyl groups is 1. The maximum Gasteiger partial charge on any atom is 0.166 e. The van der Waals surface area contributed by atoms with Gasteiger partial charge in [-0.15, -0.1) is 0 Å². The molecule has 118 valence electrons. The predicted molar refractivity (Wildman–Crippen MR) is 92.5 cm³/mol. The maximum absolute atomic E-state index is 10.0. The number of aliphatic hydroxyl groups excluding tert-OH is 1. The Balaban J connectivity index is 2.00. The summed E-state index contributed by atoms with van der Waals surface area (Å²) in [7, 11) is 3.86. The molecule has 3 aliphatic rings. The first-order chi connectivity index (χ1) is 10.5. The number of rotatable bonds is 1. The molecule has 4 nitrogen and oxygen atoms in total. The third kappa shape index (κ3) is 1.95. The van der Waals surface area contributed by atoms with Crippen LogP contribution in [0.1, 0.15) is 24.0 Å². The van der Waals surface area contributed by atoms with E-state index in [0.29, 0.717) is 6.42 Å². The normalized spacial score (nSPS) is 32.9. The second-order valence-electron chi connectivity index (χ2n) is 6.54. The van der Waals surface area contributed by atoms with Crippen molar-refractivity contribution in [3.8, 4) is 11.5 Å². The summed E-state index contributed by atoms with van der Waals surface area (Å²) in [6.07, 6.45) is 5.38. The van der Waals surface area contributed by atoms with Crippen LogP contribution in [0.25, 0.3) is 0 Å². The van der Waals surface area contributed by atoms with Crippen LogP contribution in [0.3, 0.4) is 0 Å². The van der Waals surface area contributed by atoms with Crippen molar-refractivity contribution >= 4 is 22.6 Å². The van der Waals surface area contributed by atoms with E-state index >= 15 is 0 Å². The van der Waals surface area contributed by atoms with Gasteiger partial charge in [-0.1, -0.05) is 12.2 Å². The maximum atomic E-state index is 10.0. The highest BCUT2D eigenvalue weighted by atomic mass is 127. The Morgan fingerprint density at radius 3 is 3.09 bits per heavy atom. The monoisotopic (exact) mass is 413 g/mol. The molecule has 2 heterocycles. The molecule has 3 atom stereocenters. The summed E-state index contributed by atoms with van der Waals surface area (Å²) >= 11 is 2.40. The van der Waals surface area contributed by atoms with Gasteiger partial charge in [0.05, 0.1) is 18.6 Å². The van der Waals surface area contributed by atoms with E-state index in [2.05, 4.69) is 46.7 Å². The van der Waals surface area contributed by atoms with E-state index in [1.54, 1.807) is 7.11 Å². The zero-order valence-corrected chi connectivity index (χ0v) is 15.0. The fourth-order valence-corrected chi connectivity index (χ4v) is 4.82. The number of hydrogen-bond donors (Lipinski definition) is 1. The van der Waals surface area contributed by atoms with Gasteiger partial charge >= 0.3 is 0 Å². The molecule has 4 rings (SSSR count). The predicted octanol–water partition coefficient (Wildman–Crippen LogP) is 2.45. The summed E-state index contributed by atoms with van der Waals surface area (Å²) in [5.74, 6) is 1.70. The Morgan fingerprint density at radius 1 is 1.50 bits per heavy atom. The number of halogens is 1. The summed E-state index contributed by atoms with van der Waals surface area (Å²) in [5, 5.41) is 10.0. The molecule has 1 aliphatic carbocycles. The fourth-order valence-electron chi connectivity index (χ4n) is 4.10. The Bertz CT molecular complexity index is 660. The molecule has 0 unspecified atom stereocenters. The van der Waals surface area contributed by atoms with Crippen molar-refractivity contribution < 1.29 is 14.6 Å². The van der Waals surface area contributed by atoms with Crippen LogP contribution < -0.4 is 9.47 Å².